The van der Waals surface area contributed by atoms with Gasteiger partial charge in [0, 0.05) is 6.42 Å². The second-order valence-corrected chi connectivity index (χ2v) is 4.12. The zero-order valence-electron chi connectivity index (χ0n) is 10.3. The lowest BCUT2D eigenvalue weighted by molar-refractivity contribution is 0.378. The lowest BCUT2D eigenvalue weighted by atomic mass is 10.1. The average molecular weight is 249 g/mol. The molecule has 1 N–H and O–H groups in total. The molecule has 1 aromatic carbocycles. The zero-order chi connectivity index (χ0) is 12.8. The SMILES string of the molecule is CNCCCc1noc(Cc2cccc(F)c2)n1. The van der Waals surface area contributed by atoms with Gasteiger partial charge in [0.25, 0.3) is 0 Å². The van der Waals surface area contributed by atoms with Crippen molar-refractivity contribution in [1.82, 2.24) is 15.5 Å². The molecule has 5 heteroatoms. The molecule has 4 nitrogen and oxygen atoms in total. The van der Waals surface area contributed by atoms with Crippen LogP contribution in [0.1, 0.15) is 23.7 Å². The highest BCUT2D eigenvalue weighted by Gasteiger charge is 2.07. The highest BCUT2D eigenvalue weighted by atomic mass is 19.1. The molecule has 0 unspecified atom stereocenters. The Hall–Kier alpha value is -1.75. The van der Waals surface area contributed by atoms with E-state index in [4.69, 9.17) is 4.52 Å². The molecule has 96 valence electrons. The van der Waals surface area contributed by atoms with Gasteiger partial charge in [0.15, 0.2) is 5.82 Å². The summed E-state index contributed by atoms with van der Waals surface area (Å²) in [4.78, 5) is 4.28. The molecule has 0 saturated carbocycles. The molecule has 0 aliphatic carbocycles. The summed E-state index contributed by atoms with van der Waals surface area (Å²) in [5.41, 5.74) is 0.834. The van der Waals surface area contributed by atoms with Crippen LogP contribution in [-0.4, -0.2) is 23.7 Å². The first-order valence-electron chi connectivity index (χ1n) is 5.98. The molecule has 0 fully saturated rings. The van der Waals surface area contributed by atoms with Crippen LogP contribution in [0.25, 0.3) is 0 Å². The maximum Gasteiger partial charge on any atom is 0.231 e. The van der Waals surface area contributed by atoms with Gasteiger partial charge >= 0.3 is 0 Å². The summed E-state index contributed by atoms with van der Waals surface area (Å²) in [7, 11) is 1.91. The molecule has 2 rings (SSSR count). The molecule has 0 radical (unpaired) electrons. The highest BCUT2D eigenvalue weighted by Crippen LogP contribution is 2.10. The predicted molar refractivity (Wildman–Crippen MR) is 65.8 cm³/mol. The van der Waals surface area contributed by atoms with Crippen molar-refractivity contribution in [1.29, 1.82) is 0 Å². The molecule has 18 heavy (non-hydrogen) atoms. The molecule has 2 aromatic rings. The highest BCUT2D eigenvalue weighted by molar-refractivity contribution is 5.19. The zero-order valence-corrected chi connectivity index (χ0v) is 10.3. The lowest BCUT2D eigenvalue weighted by Crippen LogP contribution is -2.08. The Morgan fingerprint density at radius 1 is 1.39 bits per heavy atom. The maximum atomic E-state index is 13.0. The number of hydrogen-bond acceptors (Lipinski definition) is 4. The molecular formula is C13H16FN3O. The second kappa shape index (κ2) is 6.26. The Labute approximate surface area is 105 Å². The van der Waals surface area contributed by atoms with Gasteiger partial charge in [-0.15, -0.1) is 0 Å². The van der Waals surface area contributed by atoms with Gasteiger partial charge in [-0.05, 0) is 37.7 Å². The molecule has 0 aliphatic heterocycles. The minimum Gasteiger partial charge on any atom is -0.339 e. The predicted octanol–water partition coefficient (Wildman–Crippen LogP) is 1.95. The first-order chi connectivity index (χ1) is 8.78. The number of benzene rings is 1. The Bertz CT molecular complexity index is 498. The Kier molecular flexibility index (Phi) is 4.41. The van der Waals surface area contributed by atoms with E-state index in [1.54, 1.807) is 6.07 Å². The number of nitrogens with zero attached hydrogens (tertiary/aromatic N) is 2. The molecule has 1 heterocycles. The minimum absolute atomic E-state index is 0.249. The topological polar surface area (TPSA) is 51.0 Å². The summed E-state index contributed by atoms with van der Waals surface area (Å²) in [6, 6.07) is 6.41. The summed E-state index contributed by atoms with van der Waals surface area (Å²) in [6.45, 7) is 0.924. The van der Waals surface area contributed by atoms with Gasteiger partial charge in [0.05, 0.1) is 6.42 Å². The van der Waals surface area contributed by atoms with Crippen LogP contribution in [0.15, 0.2) is 28.8 Å². The van der Waals surface area contributed by atoms with Crippen molar-refractivity contribution >= 4 is 0 Å². The Morgan fingerprint density at radius 3 is 3.06 bits per heavy atom. The number of nitrogens with one attached hydrogen (secondary N) is 1. The molecule has 0 spiro atoms. The lowest BCUT2D eigenvalue weighted by Gasteiger charge is -1.96. The molecular weight excluding hydrogens is 233 g/mol. The van der Waals surface area contributed by atoms with Gasteiger partial charge in [-0.2, -0.15) is 4.98 Å². The van der Waals surface area contributed by atoms with Crippen molar-refractivity contribution in [3.8, 4) is 0 Å². The molecule has 0 saturated heterocycles. The average Bonchev–Trinajstić information content (AvgIpc) is 2.77. The van der Waals surface area contributed by atoms with E-state index < -0.39 is 0 Å². The third-order valence-electron chi connectivity index (χ3n) is 2.58. The van der Waals surface area contributed by atoms with Gasteiger partial charge in [-0.25, -0.2) is 4.39 Å². The van der Waals surface area contributed by atoms with Crippen LogP contribution in [0.2, 0.25) is 0 Å². The third-order valence-corrected chi connectivity index (χ3v) is 2.58. The van der Waals surface area contributed by atoms with Gasteiger partial charge in [0.1, 0.15) is 5.82 Å². The monoisotopic (exact) mass is 249 g/mol. The van der Waals surface area contributed by atoms with Crippen molar-refractivity contribution in [2.24, 2.45) is 0 Å². The van der Waals surface area contributed by atoms with Crippen LogP contribution in [0, 0.1) is 5.82 Å². The molecule has 0 aliphatic rings. The largest absolute Gasteiger partial charge is 0.339 e. The van der Waals surface area contributed by atoms with E-state index in [9.17, 15) is 4.39 Å². The van der Waals surface area contributed by atoms with Crippen molar-refractivity contribution < 1.29 is 8.91 Å². The summed E-state index contributed by atoms with van der Waals surface area (Å²) in [5.74, 6) is 0.984. The third kappa shape index (κ3) is 3.63. The van der Waals surface area contributed by atoms with Crippen molar-refractivity contribution in [2.75, 3.05) is 13.6 Å². The summed E-state index contributed by atoms with van der Waals surface area (Å²) in [6.07, 6.45) is 2.22. The summed E-state index contributed by atoms with van der Waals surface area (Å²) < 4.78 is 18.1. The smallest absolute Gasteiger partial charge is 0.231 e. The van der Waals surface area contributed by atoms with Gasteiger partial charge < -0.3 is 9.84 Å². The van der Waals surface area contributed by atoms with Crippen LogP contribution >= 0.6 is 0 Å². The first kappa shape index (κ1) is 12.7. The van der Waals surface area contributed by atoms with Crippen LogP contribution < -0.4 is 5.32 Å². The van der Waals surface area contributed by atoms with E-state index in [2.05, 4.69) is 15.5 Å². The standard InChI is InChI=1S/C13H16FN3O/c1-15-7-3-6-12-16-13(18-17-12)9-10-4-2-5-11(14)8-10/h2,4-5,8,15H,3,6-7,9H2,1H3. The van der Waals surface area contributed by atoms with E-state index in [1.807, 2.05) is 13.1 Å². The fourth-order valence-corrected chi connectivity index (χ4v) is 1.71. The number of halogens is 1. The normalized spacial score (nSPS) is 10.8. The van der Waals surface area contributed by atoms with Crippen LogP contribution in [0.3, 0.4) is 0 Å². The van der Waals surface area contributed by atoms with E-state index in [0.29, 0.717) is 18.1 Å². The number of rotatable bonds is 6. The maximum absolute atomic E-state index is 13.0. The Morgan fingerprint density at radius 2 is 2.28 bits per heavy atom. The van der Waals surface area contributed by atoms with Gasteiger partial charge in [-0.3, -0.25) is 0 Å². The van der Waals surface area contributed by atoms with Crippen LogP contribution in [0.4, 0.5) is 4.39 Å². The summed E-state index contributed by atoms with van der Waals surface area (Å²) >= 11 is 0. The summed E-state index contributed by atoms with van der Waals surface area (Å²) in [5, 5.41) is 6.96. The molecule has 0 atom stereocenters. The van der Waals surface area contributed by atoms with Crippen molar-refractivity contribution in [3.05, 3.63) is 47.4 Å². The minimum atomic E-state index is -0.249. The van der Waals surface area contributed by atoms with E-state index in [1.165, 1.54) is 12.1 Å². The fourth-order valence-electron chi connectivity index (χ4n) is 1.71. The van der Waals surface area contributed by atoms with E-state index >= 15 is 0 Å². The fraction of sp³-hybridized carbons (Fsp3) is 0.385. The first-order valence-corrected chi connectivity index (χ1v) is 5.98. The molecule has 0 amide bonds. The van der Waals surface area contributed by atoms with Gasteiger partial charge in [0.2, 0.25) is 5.89 Å². The molecule has 1 aromatic heterocycles. The Balaban J connectivity index is 1.94. The quantitative estimate of drug-likeness (QED) is 0.795. The number of aryl methyl sites for hydroxylation is 1. The number of hydrogen-bond donors (Lipinski definition) is 1. The van der Waals surface area contributed by atoms with Gasteiger partial charge in [-0.1, -0.05) is 17.3 Å². The van der Waals surface area contributed by atoms with Crippen LogP contribution in [0.5, 0.6) is 0 Å². The number of aromatic nitrogens is 2. The molecule has 0 bridgehead atoms. The van der Waals surface area contributed by atoms with Crippen LogP contribution in [-0.2, 0) is 12.8 Å². The van der Waals surface area contributed by atoms with Crippen molar-refractivity contribution in [2.45, 2.75) is 19.3 Å². The van der Waals surface area contributed by atoms with E-state index in [0.717, 1.165) is 24.9 Å². The van der Waals surface area contributed by atoms with E-state index in [-0.39, 0.29) is 5.82 Å². The van der Waals surface area contributed by atoms with Crippen molar-refractivity contribution in [3.63, 3.8) is 0 Å². The second-order valence-electron chi connectivity index (χ2n) is 4.12.